The van der Waals surface area contributed by atoms with Gasteiger partial charge < -0.3 is 4.74 Å². The van der Waals surface area contributed by atoms with Gasteiger partial charge >= 0.3 is 0 Å². The molecule has 4 rings (SSSR count). The molecule has 0 aliphatic heterocycles. The highest BCUT2D eigenvalue weighted by Crippen LogP contribution is 2.45. The first-order valence-corrected chi connectivity index (χ1v) is 15.3. The third kappa shape index (κ3) is 9.87. The summed E-state index contributed by atoms with van der Waals surface area (Å²) in [5.41, 5.74) is 8.47. The number of carbonyl (C=O) groups excluding carboxylic acids is 1. The summed E-state index contributed by atoms with van der Waals surface area (Å²) in [6.45, 7) is 19.5. The Labute approximate surface area is 256 Å². The second-order valence-corrected chi connectivity index (χ2v) is 10.1. The monoisotopic (exact) mass is 564 g/mol. The van der Waals surface area contributed by atoms with Crippen molar-refractivity contribution in [2.45, 2.75) is 80.1 Å². The lowest BCUT2D eigenvalue weighted by Crippen LogP contribution is -2.31. The van der Waals surface area contributed by atoms with Crippen LogP contribution in [0.1, 0.15) is 93.3 Å². The maximum Gasteiger partial charge on any atom is 0.152 e. The average molecular weight is 565 g/mol. The third-order valence-electron chi connectivity index (χ3n) is 7.07. The number of unbranched alkanes of at least 4 members (excludes halogenated alkanes) is 1. The fraction of sp³-hybridized carbons (Fsp3) is 0.325. The Morgan fingerprint density at radius 3 is 1.24 bits per heavy atom. The lowest BCUT2D eigenvalue weighted by Gasteiger charge is -2.37. The van der Waals surface area contributed by atoms with E-state index in [-0.39, 0.29) is 5.78 Å². The summed E-state index contributed by atoms with van der Waals surface area (Å²) in [6, 6.07) is 35.6. The SMILES string of the molecule is C=CC(C)=O.CC.CCCC.CCc1ccc(C(c2ccc(C)cc2)(c2ccc(C)cc2)c2ccc(OC)cc2)cc1. The molecular weight excluding hydrogens is 512 g/mol. The molecule has 0 fully saturated rings. The van der Waals surface area contributed by atoms with Gasteiger partial charge in [-0.05, 0) is 73.2 Å². The molecule has 0 aromatic heterocycles. The molecule has 0 spiro atoms. The van der Waals surface area contributed by atoms with Crippen molar-refractivity contribution in [3.63, 3.8) is 0 Å². The Morgan fingerprint density at radius 2 is 0.976 bits per heavy atom. The van der Waals surface area contributed by atoms with Crippen molar-refractivity contribution in [1.29, 1.82) is 0 Å². The molecule has 0 saturated heterocycles. The molecule has 2 nitrogen and oxygen atoms in total. The van der Waals surface area contributed by atoms with Gasteiger partial charge in [0.1, 0.15) is 5.75 Å². The number of methoxy groups -OCH3 is 1. The van der Waals surface area contributed by atoms with Gasteiger partial charge in [-0.3, -0.25) is 4.79 Å². The lowest BCUT2D eigenvalue weighted by molar-refractivity contribution is -0.112. The van der Waals surface area contributed by atoms with Crippen molar-refractivity contribution < 1.29 is 9.53 Å². The molecule has 224 valence electrons. The van der Waals surface area contributed by atoms with Crippen LogP contribution in [0.3, 0.4) is 0 Å². The lowest BCUT2D eigenvalue weighted by atomic mass is 9.65. The van der Waals surface area contributed by atoms with Crippen LogP contribution in [0.5, 0.6) is 5.75 Å². The number of aryl methyl sites for hydroxylation is 3. The molecule has 0 radical (unpaired) electrons. The van der Waals surface area contributed by atoms with E-state index in [0.29, 0.717) is 0 Å². The first-order chi connectivity index (χ1) is 20.3. The number of rotatable bonds is 8. The largest absolute Gasteiger partial charge is 0.497 e. The van der Waals surface area contributed by atoms with Gasteiger partial charge in [0.2, 0.25) is 0 Å². The van der Waals surface area contributed by atoms with Gasteiger partial charge in [-0.15, -0.1) is 0 Å². The van der Waals surface area contributed by atoms with Crippen LogP contribution in [-0.4, -0.2) is 12.9 Å². The number of allylic oxidation sites excluding steroid dienone is 1. The minimum atomic E-state index is -0.417. The van der Waals surface area contributed by atoms with Crippen molar-refractivity contribution >= 4 is 5.78 Å². The Bertz CT molecular complexity index is 1200. The molecule has 0 atom stereocenters. The summed E-state index contributed by atoms with van der Waals surface area (Å²) in [4.78, 5) is 9.69. The Kier molecular flexibility index (Phi) is 16.6. The molecule has 0 aliphatic rings. The van der Waals surface area contributed by atoms with E-state index in [1.165, 1.54) is 64.8 Å². The first kappa shape index (κ1) is 36.1. The maximum absolute atomic E-state index is 9.69. The number of hydrogen-bond donors (Lipinski definition) is 0. The topological polar surface area (TPSA) is 26.3 Å². The molecule has 0 aliphatic carbocycles. The van der Waals surface area contributed by atoms with E-state index in [1.54, 1.807) is 7.11 Å². The van der Waals surface area contributed by atoms with Gasteiger partial charge in [-0.25, -0.2) is 0 Å². The molecule has 0 N–H and O–H groups in total. The van der Waals surface area contributed by atoms with Crippen LogP contribution in [0.25, 0.3) is 0 Å². The van der Waals surface area contributed by atoms with Crippen LogP contribution < -0.4 is 4.74 Å². The van der Waals surface area contributed by atoms with Gasteiger partial charge in [0.05, 0.1) is 12.5 Å². The zero-order chi connectivity index (χ0) is 31.5. The smallest absolute Gasteiger partial charge is 0.152 e. The molecule has 0 amide bonds. The van der Waals surface area contributed by atoms with Crippen molar-refractivity contribution in [1.82, 2.24) is 0 Å². The molecule has 0 saturated carbocycles. The number of ether oxygens (including phenoxy) is 1. The number of ketones is 1. The van der Waals surface area contributed by atoms with Gasteiger partial charge in [0.15, 0.2) is 5.78 Å². The Balaban J connectivity index is 0.000000694. The molecular formula is C40H52O2. The van der Waals surface area contributed by atoms with Crippen LogP contribution in [0, 0.1) is 13.8 Å². The maximum atomic E-state index is 9.69. The Morgan fingerprint density at radius 1 is 0.667 bits per heavy atom. The zero-order valence-corrected chi connectivity index (χ0v) is 27.5. The highest BCUT2D eigenvalue weighted by molar-refractivity contribution is 5.86. The second kappa shape index (κ2) is 19.3. The molecule has 4 aromatic rings. The number of carbonyl (C=O) groups is 1. The Hall–Kier alpha value is -3.91. The van der Waals surface area contributed by atoms with Crippen LogP contribution in [0.15, 0.2) is 110 Å². The average Bonchev–Trinajstić information content (AvgIpc) is 3.05. The summed E-state index contributed by atoms with van der Waals surface area (Å²) in [5, 5.41) is 0. The molecule has 2 heteroatoms. The van der Waals surface area contributed by atoms with E-state index in [4.69, 9.17) is 4.74 Å². The van der Waals surface area contributed by atoms with Crippen LogP contribution >= 0.6 is 0 Å². The van der Waals surface area contributed by atoms with Crippen LogP contribution in [-0.2, 0) is 16.6 Å². The summed E-state index contributed by atoms with van der Waals surface area (Å²) < 4.78 is 5.46. The van der Waals surface area contributed by atoms with E-state index in [1.807, 2.05) is 13.8 Å². The molecule has 42 heavy (non-hydrogen) atoms. The highest BCUT2D eigenvalue weighted by atomic mass is 16.5. The van der Waals surface area contributed by atoms with E-state index in [2.05, 4.69) is 138 Å². The normalized spacial score (nSPS) is 10.0. The van der Waals surface area contributed by atoms with Crippen molar-refractivity contribution in [2.24, 2.45) is 0 Å². The predicted molar refractivity (Wildman–Crippen MR) is 183 cm³/mol. The summed E-state index contributed by atoms with van der Waals surface area (Å²) in [6.07, 6.45) is 4.95. The molecule has 0 unspecified atom stereocenters. The van der Waals surface area contributed by atoms with E-state index in [9.17, 15) is 4.79 Å². The van der Waals surface area contributed by atoms with Gasteiger partial charge in [0.25, 0.3) is 0 Å². The first-order valence-electron chi connectivity index (χ1n) is 15.3. The molecule has 4 aromatic carbocycles. The summed E-state index contributed by atoms with van der Waals surface area (Å²) in [5.74, 6) is 0.886. The highest BCUT2D eigenvalue weighted by Gasteiger charge is 2.38. The van der Waals surface area contributed by atoms with E-state index < -0.39 is 5.41 Å². The number of benzene rings is 4. The van der Waals surface area contributed by atoms with Crippen molar-refractivity contribution in [3.8, 4) is 5.75 Å². The second-order valence-electron chi connectivity index (χ2n) is 10.1. The zero-order valence-electron chi connectivity index (χ0n) is 27.5. The predicted octanol–water partition coefficient (Wildman–Crippen LogP) is 10.9. The standard InChI is InChI=1S/C30H30O.C4H6O.C4H10.C2H6/c1-5-24-10-16-27(17-11-24)30(25-12-6-22(2)7-13-25,26-14-8-23(3)9-15-26)28-18-20-29(31-4)21-19-28;1-3-4(2)5;1-3-4-2;1-2/h6-21H,5H2,1-4H3;3H,1H2,2H3;3-4H2,1-2H3;1-2H3. The molecule has 0 bridgehead atoms. The summed E-state index contributed by atoms with van der Waals surface area (Å²) >= 11 is 0. The minimum absolute atomic E-state index is 0.0185. The number of hydrogen-bond acceptors (Lipinski definition) is 2. The third-order valence-corrected chi connectivity index (χ3v) is 7.07. The van der Waals surface area contributed by atoms with E-state index >= 15 is 0 Å². The summed E-state index contributed by atoms with van der Waals surface area (Å²) in [7, 11) is 1.71. The minimum Gasteiger partial charge on any atom is -0.497 e. The van der Waals surface area contributed by atoms with Gasteiger partial charge in [-0.2, -0.15) is 0 Å². The van der Waals surface area contributed by atoms with E-state index in [0.717, 1.165) is 12.2 Å². The van der Waals surface area contributed by atoms with Gasteiger partial charge in [0, 0.05) is 0 Å². The molecule has 0 heterocycles. The van der Waals surface area contributed by atoms with Gasteiger partial charge in [-0.1, -0.05) is 150 Å². The fourth-order valence-electron chi connectivity index (χ4n) is 4.44. The van der Waals surface area contributed by atoms with Crippen LogP contribution in [0.4, 0.5) is 0 Å². The van der Waals surface area contributed by atoms with Crippen molar-refractivity contribution in [3.05, 3.63) is 149 Å². The van der Waals surface area contributed by atoms with Crippen LogP contribution in [0.2, 0.25) is 0 Å². The quantitative estimate of drug-likeness (QED) is 0.157. The fourth-order valence-corrected chi connectivity index (χ4v) is 4.44. The van der Waals surface area contributed by atoms with Crippen molar-refractivity contribution in [2.75, 3.05) is 7.11 Å².